The summed E-state index contributed by atoms with van der Waals surface area (Å²) >= 11 is 0. The number of hydrogen-bond donors (Lipinski definition) is 2. The van der Waals surface area contributed by atoms with E-state index in [4.69, 9.17) is 5.11 Å². The molecule has 72 valence electrons. The van der Waals surface area contributed by atoms with Gasteiger partial charge in [0.25, 0.3) is 0 Å². The Bertz CT molecular complexity index is 285. The van der Waals surface area contributed by atoms with Crippen LogP contribution in [-0.4, -0.2) is 11.4 Å². The Morgan fingerprint density at radius 3 is 2.54 bits per heavy atom. The molecule has 0 heterocycles. The molecule has 0 aliphatic rings. The van der Waals surface area contributed by atoms with Gasteiger partial charge in [0.1, 0.15) is 5.75 Å². The normalized spacial score (nSPS) is 11.6. The van der Waals surface area contributed by atoms with Crippen LogP contribution in [0, 0.1) is 0 Å². The van der Waals surface area contributed by atoms with Crippen LogP contribution < -0.4 is 5.32 Å². The molecule has 0 saturated heterocycles. The fourth-order valence-electron chi connectivity index (χ4n) is 0.869. The fourth-order valence-corrected chi connectivity index (χ4v) is 0.869. The third-order valence-corrected chi connectivity index (χ3v) is 1.40. The maximum absolute atomic E-state index is 11.7. The van der Waals surface area contributed by atoms with Crippen molar-refractivity contribution in [1.82, 2.24) is 5.32 Å². The summed E-state index contributed by atoms with van der Waals surface area (Å²) < 4.78 is 35.0. The van der Waals surface area contributed by atoms with E-state index in [1.54, 1.807) is 0 Å². The summed E-state index contributed by atoms with van der Waals surface area (Å²) in [6.45, 7) is -0.335. The van der Waals surface area contributed by atoms with Gasteiger partial charge in [-0.25, -0.2) is 5.32 Å². The highest BCUT2D eigenvalue weighted by Crippen LogP contribution is 2.14. The van der Waals surface area contributed by atoms with E-state index in [0.29, 0.717) is 5.56 Å². The van der Waals surface area contributed by atoms with Crippen LogP contribution in [0.25, 0.3) is 0 Å². The molecule has 1 aromatic carbocycles. The van der Waals surface area contributed by atoms with Gasteiger partial charge in [-0.15, -0.1) is 0 Å². The Labute approximate surface area is 73.0 Å². The van der Waals surface area contributed by atoms with Crippen molar-refractivity contribution in [1.29, 1.82) is 0 Å². The zero-order valence-corrected chi connectivity index (χ0v) is 6.60. The molecular formula is C8H8F3NO. The molecule has 0 amide bonds. The Balaban J connectivity index is 2.55. The van der Waals surface area contributed by atoms with Gasteiger partial charge < -0.3 is 5.11 Å². The molecule has 0 bridgehead atoms. The van der Waals surface area contributed by atoms with Crippen LogP contribution in [0.4, 0.5) is 13.2 Å². The average molecular weight is 191 g/mol. The molecule has 0 aromatic heterocycles. The fraction of sp³-hybridized carbons (Fsp3) is 0.250. The van der Waals surface area contributed by atoms with Crippen molar-refractivity contribution >= 4 is 0 Å². The zero-order valence-electron chi connectivity index (χ0n) is 6.60. The molecule has 0 atom stereocenters. The van der Waals surface area contributed by atoms with Gasteiger partial charge in [-0.05, 0) is 17.7 Å². The number of alkyl halides is 3. The van der Waals surface area contributed by atoms with Gasteiger partial charge in [0.15, 0.2) is 0 Å². The number of halogens is 3. The van der Waals surface area contributed by atoms with Gasteiger partial charge in [-0.2, -0.15) is 13.2 Å². The van der Waals surface area contributed by atoms with E-state index in [1.807, 2.05) is 0 Å². The molecule has 0 fully saturated rings. The van der Waals surface area contributed by atoms with Crippen molar-refractivity contribution in [2.24, 2.45) is 0 Å². The van der Waals surface area contributed by atoms with Crippen LogP contribution in [-0.2, 0) is 6.54 Å². The first-order valence-corrected chi connectivity index (χ1v) is 3.57. The van der Waals surface area contributed by atoms with Gasteiger partial charge >= 0.3 is 6.30 Å². The molecule has 1 rings (SSSR count). The Morgan fingerprint density at radius 1 is 1.31 bits per heavy atom. The Hall–Kier alpha value is -1.23. The highest BCUT2D eigenvalue weighted by atomic mass is 19.4. The largest absolute Gasteiger partial charge is 0.508 e. The monoisotopic (exact) mass is 191 g/mol. The molecular weight excluding hydrogens is 183 g/mol. The molecule has 2 N–H and O–H groups in total. The van der Waals surface area contributed by atoms with Crippen molar-refractivity contribution in [2.75, 3.05) is 0 Å². The SMILES string of the molecule is Oc1cccc(CNC(F)(F)F)c1. The number of phenols is 1. The number of aromatic hydroxyl groups is 1. The predicted molar refractivity (Wildman–Crippen MR) is 41.0 cm³/mol. The van der Waals surface area contributed by atoms with Crippen LogP contribution in [0.1, 0.15) is 5.56 Å². The molecule has 2 nitrogen and oxygen atoms in total. The van der Waals surface area contributed by atoms with Crippen LogP contribution in [0.2, 0.25) is 0 Å². The predicted octanol–water partition coefficient (Wildman–Crippen LogP) is 2.00. The minimum atomic E-state index is -4.38. The van der Waals surface area contributed by atoms with Gasteiger partial charge in [-0.1, -0.05) is 12.1 Å². The first-order valence-electron chi connectivity index (χ1n) is 3.57. The van der Waals surface area contributed by atoms with E-state index in [-0.39, 0.29) is 12.3 Å². The van der Waals surface area contributed by atoms with E-state index >= 15 is 0 Å². The lowest BCUT2D eigenvalue weighted by Crippen LogP contribution is -2.30. The molecule has 13 heavy (non-hydrogen) atoms. The van der Waals surface area contributed by atoms with E-state index in [9.17, 15) is 13.2 Å². The molecule has 0 aliphatic carbocycles. The molecule has 5 heteroatoms. The van der Waals surface area contributed by atoms with Gasteiger partial charge in [0.2, 0.25) is 0 Å². The third-order valence-electron chi connectivity index (χ3n) is 1.40. The van der Waals surface area contributed by atoms with Crippen molar-refractivity contribution in [3.63, 3.8) is 0 Å². The van der Waals surface area contributed by atoms with E-state index in [2.05, 4.69) is 0 Å². The van der Waals surface area contributed by atoms with Gasteiger partial charge in [0, 0.05) is 6.54 Å². The summed E-state index contributed by atoms with van der Waals surface area (Å²) in [6.07, 6.45) is -4.38. The first-order chi connectivity index (χ1) is 5.97. The Kier molecular flexibility index (Phi) is 2.77. The molecule has 1 aromatic rings. The number of hydrogen-bond acceptors (Lipinski definition) is 2. The van der Waals surface area contributed by atoms with Crippen LogP contribution >= 0.6 is 0 Å². The Morgan fingerprint density at radius 2 is 2.00 bits per heavy atom. The van der Waals surface area contributed by atoms with Crippen molar-refractivity contribution in [2.45, 2.75) is 12.8 Å². The van der Waals surface area contributed by atoms with Gasteiger partial charge in [-0.3, -0.25) is 0 Å². The topological polar surface area (TPSA) is 32.3 Å². The minimum Gasteiger partial charge on any atom is -0.508 e. The molecule has 0 unspecified atom stereocenters. The quantitative estimate of drug-likeness (QED) is 0.701. The summed E-state index contributed by atoms with van der Waals surface area (Å²) in [5, 5.41) is 10.3. The summed E-state index contributed by atoms with van der Waals surface area (Å²) in [5.74, 6) is -0.0403. The summed E-state index contributed by atoms with van der Waals surface area (Å²) in [5.41, 5.74) is 0.386. The number of nitrogens with one attached hydrogen (secondary N) is 1. The molecule has 0 spiro atoms. The molecule has 0 radical (unpaired) electrons. The second-order valence-electron chi connectivity index (χ2n) is 2.52. The standard InChI is InChI=1S/C8H8F3NO/c9-8(10,11)12-5-6-2-1-3-7(13)4-6/h1-4,12-13H,5H2. The smallest absolute Gasteiger partial charge is 0.457 e. The zero-order chi connectivity index (χ0) is 9.90. The maximum Gasteiger partial charge on any atom is 0.457 e. The van der Waals surface area contributed by atoms with Gasteiger partial charge in [0.05, 0.1) is 0 Å². The average Bonchev–Trinajstić information content (AvgIpc) is 2.00. The highest BCUT2D eigenvalue weighted by Gasteiger charge is 2.25. The number of rotatable bonds is 2. The lowest BCUT2D eigenvalue weighted by atomic mass is 10.2. The third kappa shape index (κ3) is 3.80. The summed E-state index contributed by atoms with van der Waals surface area (Å²) in [6, 6.07) is 5.66. The number of phenolic OH excluding ortho intramolecular Hbond substituents is 1. The van der Waals surface area contributed by atoms with Crippen molar-refractivity contribution in [3.8, 4) is 5.75 Å². The van der Waals surface area contributed by atoms with Crippen LogP contribution in [0.15, 0.2) is 24.3 Å². The van der Waals surface area contributed by atoms with Crippen LogP contribution in [0.5, 0.6) is 5.75 Å². The second kappa shape index (κ2) is 3.66. The van der Waals surface area contributed by atoms with E-state index in [0.717, 1.165) is 0 Å². The lowest BCUT2D eigenvalue weighted by Gasteiger charge is -2.08. The lowest BCUT2D eigenvalue weighted by molar-refractivity contribution is -0.158. The van der Waals surface area contributed by atoms with Crippen molar-refractivity contribution < 1.29 is 18.3 Å². The van der Waals surface area contributed by atoms with E-state index in [1.165, 1.54) is 29.6 Å². The second-order valence-corrected chi connectivity index (χ2v) is 2.52. The first kappa shape index (κ1) is 9.85. The summed E-state index contributed by atoms with van der Waals surface area (Å²) in [4.78, 5) is 0. The highest BCUT2D eigenvalue weighted by molar-refractivity contribution is 5.26. The van der Waals surface area contributed by atoms with Crippen molar-refractivity contribution in [3.05, 3.63) is 29.8 Å². The molecule has 0 saturated carbocycles. The molecule has 0 aliphatic heterocycles. The van der Waals surface area contributed by atoms with E-state index < -0.39 is 6.30 Å². The number of benzene rings is 1. The minimum absolute atomic E-state index is 0.0403. The van der Waals surface area contributed by atoms with Crippen LogP contribution in [0.3, 0.4) is 0 Å². The summed E-state index contributed by atoms with van der Waals surface area (Å²) in [7, 11) is 0. The maximum atomic E-state index is 11.7.